The van der Waals surface area contributed by atoms with Gasteiger partial charge in [0.1, 0.15) is 5.78 Å². The van der Waals surface area contributed by atoms with Gasteiger partial charge in [-0.15, -0.1) is 0 Å². The number of ketones is 1. The first-order valence-electron chi connectivity index (χ1n) is 8.31. The van der Waals surface area contributed by atoms with Crippen molar-refractivity contribution in [2.75, 3.05) is 0 Å². The van der Waals surface area contributed by atoms with Crippen molar-refractivity contribution >= 4 is 17.4 Å². The van der Waals surface area contributed by atoms with Gasteiger partial charge in [-0.05, 0) is 45.4 Å². The van der Waals surface area contributed by atoms with Crippen molar-refractivity contribution in [3.8, 4) is 0 Å². The molecule has 2 rings (SSSR count). The number of nitrogens with zero attached hydrogens (tertiary/aromatic N) is 2. The molecule has 0 bridgehead atoms. The molecule has 0 unspecified atom stereocenters. The van der Waals surface area contributed by atoms with Crippen LogP contribution in [0.15, 0.2) is 0 Å². The van der Waals surface area contributed by atoms with Crippen LogP contribution in [0.2, 0.25) is 5.02 Å². The molecule has 1 heterocycles. The fourth-order valence-corrected chi connectivity index (χ4v) is 3.73. The zero-order valence-corrected chi connectivity index (χ0v) is 14.2. The first-order valence-corrected chi connectivity index (χ1v) is 8.69. The van der Waals surface area contributed by atoms with Gasteiger partial charge in [-0.25, -0.2) is 0 Å². The summed E-state index contributed by atoms with van der Waals surface area (Å²) in [5, 5.41) is 5.07. The van der Waals surface area contributed by atoms with Crippen LogP contribution < -0.4 is 0 Å². The molecule has 21 heavy (non-hydrogen) atoms. The normalized spacial score (nSPS) is 22.5. The number of hydrogen-bond acceptors (Lipinski definition) is 2. The smallest absolute Gasteiger partial charge is 0.141 e. The van der Waals surface area contributed by atoms with Gasteiger partial charge in [-0.3, -0.25) is 9.48 Å². The molecule has 3 nitrogen and oxygen atoms in total. The fraction of sp³-hybridized carbons (Fsp3) is 0.765. The van der Waals surface area contributed by atoms with E-state index in [2.05, 4.69) is 12.0 Å². The molecule has 4 heteroatoms. The second kappa shape index (κ2) is 7.44. The molecule has 0 N–H and O–H groups in total. The highest BCUT2D eigenvalue weighted by molar-refractivity contribution is 6.32. The Morgan fingerprint density at radius 2 is 1.95 bits per heavy atom. The first kappa shape index (κ1) is 16.5. The summed E-state index contributed by atoms with van der Waals surface area (Å²) in [4.78, 5) is 12.6. The lowest BCUT2D eigenvalue weighted by molar-refractivity contribution is -0.123. The maximum absolute atomic E-state index is 12.6. The van der Waals surface area contributed by atoms with Crippen molar-refractivity contribution in [3.63, 3.8) is 0 Å². The summed E-state index contributed by atoms with van der Waals surface area (Å²) >= 11 is 6.30. The summed E-state index contributed by atoms with van der Waals surface area (Å²) in [7, 11) is 0. The standard InChI is InChI=1S/C17H27ClN2O/c1-4-6-13-7-9-14(10-8-13)16(21)11-15-17(18)12(3)19-20(15)5-2/h13-14H,4-11H2,1-3H3. The van der Waals surface area contributed by atoms with E-state index in [0.717, 1.165) is 36.7 Å². The Morgan fingerprint density at radius 1 is 1.29 bits per heavy atom. The Kier molecular flexibility index (Phi) is 5.86. The molecular formula is C17H27ClN2O. The summed E-state index contributed by atoms with van der Waals surface area (Å²) in [6.07, 6.45) is 7.55. The molecule has 1 fully saturated rings. The zero-order chi connectivity index (χ0) is 15.4. The number of aromatic nitrogens is 2. The van der Waals surface area contributed by atoms with Crippen LogP contribution in [0.5, 0.6) is 0 Å². The minimum Gasteiger partial charge on any atom is -0.299 e. The predicted octanol–water partition coefficient (Wildman–Crippen LogP) is 4.58. The second-order valence-electron chi connectivity index (χ2n) is 6.31. The van der Waals surface area contributed by atoms with Crippen molar-refractivity contribution in [1.82, 2.24) is 9.78 Å². The fourth-order valence-electron chi connectivity index (χ4n) is 3.53. The number of Topliss-reactive ketones (excluding diaryl/α,β-unsaturated/α-hetero) is 1. The third-order valence-corrected chi connectivity index (χ3v) is 5.29. The van der Waals surface area contributed by atoms with Crippen LogP contribution >= 0.6 is 11.6 Å². The third-order valence-electron chi connectivity index (χ3n) is 4.79. The van der Waals surface area contributed by atoms with E-state index in [9.17, 15) is 4.79 Å². The molecule has 0 saturated heterocycles. The number of carbonyl (C=O) groups is 1. The summed E-state index contributed by atoms with van der Waals surface area (Å²) in [5.74, 6) is 1.42. The summed E-state index contributed by atoms with van der Waals surface area (Å²) in [6, 6.07) is 0. The van der Waals surface area contributed by atoms with Crippen LogP contribution in [0.4, 0.5) is 0 Å². The number of carbonyl (C=O) groups excluding carboxylic acids is 1. The Balaban J connectivity index is 1.96. The lowest BCUT2D eigenvalue weighted by Gasteiger charge is -2.27. The maximum Gasteiger partial charge on any atom is 0.141 e. The third kappa shape index (κ3) is 3.88. The molecule has 1 aliphatic rings. The van der Waals surface area contributed by atoms with Gasteiger partial charge in [0.2, 0.25) is 0 Å². The molecule has 1 aromatic rings. The highest BCUT2D eigenvalue weighted by Gasteiger charge is 2.27. The van der Waals surface area contributed by atoms with Gasteiger partial charge in [0.25, 0.3) is 0 Å². The molecule has 0 spiro atoms. The average molecular weight is 311 g/mol. The van der Waals surface area contributed by atoms with Gasteiger partial charge < -0.3 is 0 Å². The molecule has 118 valence electrons. The van der Waals surface area contributed by atoms with E-state index in [1.807, 2.05) is 18.5 Å². The van der Waals surface area contributed by atoms with E-state index >= 15 is 0 Å². The Labute approximate surface area is 133 Å². The molecule has 0 aliphatic heterocycles. The number of aryl methyl sites for hydroxylation is 2. The van der Waals surface area contributed by atoms with E-state index < -0.39 is 0 Å². The highest BCUT2D eigenvalue weighted by Crippen LogP contribution is 2.33. The topological polar surface area (TPSA) is 34.9 Å². The summed E-state index contributed by atoms with van der Waals surface area (Å²) in [5.41, 5.74) is 1.73. The van der Waals surface area contributed by atoms with Gasteiger partial charge in [0.05, 0.1) is 22.8 Å². The predicted molar refractivity (Wildman–Crippen MR) is 86.7 cm³/mol. The largest absolute Gasteiger partial charge is 0.299 e. The van der Waals surface area contributed by atoms with Crippen LogP contribution in [0.25, 0.3) is 0 Å². The molecule has 0 amide bonds. The Bertz CT molecular complexity index is 487. The van der Waals surface area contributed by atoms with Crippen molar-refractivity contribution in [3.05, 3.63) is 16.4 Å². The molecule has 1 saturated carbocycles. The van der Waals surface area contributed by atoms with E-state index in [0.29, 0.717) is 17.2 Å². The van der Waals surface area contributed by atoms with Gasteiger partial charge in [-0.2, -0.15) is 5.10 Å². The van der Waals surface area contributed by atoms with Crippen molar-refractivity contribution in [1.29, 1.82) is 0 Å². The lowest BCUT2D eigenvalue weighted by Crippen LogP contribution is -2.24. The van der Waals surface area contributed by atoms with Crippen molar-refractivity contribution < 1.29 is 4.79 Å². The Hall–Kier alpha value is -0.830. The lowest BCUT2D eigenvalue weighted by atomic mass is 9.77. The van der Waals surface area contributed by atoms with Gasteiger partial charge in [0, 0.05) is 12.5 Å². The number of hydrogen-bond donors (Lipinski definition) is 0. The van der Waals surface area contributed by atoms with Crippen molar-refractivity contribution in [2.24, 2.45) is 11.8 Å². The van der Waals surface area contributed by atoms with Gasteiger partial charge >= 0.3 is 0 Å². The van der Waals surface area contributed by atoms with Gasteiger partial charge in [0.15, 0.2) is 0 Å². The zero-order valence-electron chi connectivity index (χ0n) is 13.5. The Morgan fingerprint density at radius 3 is 2.52 bits per heavy atom. The van der Waals surface area contributed by atoms with Crippen molar-refractivity contribution in [2.45, 2.75) is 72.3 Å². The van der Waals surface area contributed by atoms with E-state index in [4.69, 9.17) is 11.6 Å². The first-order chi connectivity index (χ1) is 10.1. The quantitative estimate of drug-likeness (QED) is 0.770. The average Bonchev–Trinajstić information content (AvgIpc) is 2.76. The molecule has 1 aromatic heterocycles. The van der Waals surface area contributed by atoms with Crippen LogP contribution in [0, 0.1) is 18.8 Å². The molecule has 1 aliphatic carbocycles. The molecular weight excluding hydrogens is 284 g/mol. The molecule has 0 radical (unpaired) electrons. The van der Waals surface area contributed by atoms with Crippen LogP contribution in [0.3, 0.4) is 0 Å². The van der Waals surface area contributed by atoms with E-state index in [1.165, 1.54) is 25.7 Å². The van der Waals surface area contributed by atoms with Crippen LogP contribution in [-0.4, -0.2) is 15.6 Å². The summed E-state index contributed by atoms with van der Waals surface area (Å²) < 4.78 is 1.87. The molecule has 0 atom stereocenters. The minimum atomic E-state index is 0.231. The maximum atomic E-state index is 12.6. The van der Waals surface area contributed by atoms with E-state index in [1.54, 1.807) is 0 Å². The van der Waals surface area contributed by atoms with Crippen LogP contribution in [-0.2, 0) is 17.8 Å². The van der Waals surface area contributed by atoms with Crippen LogP contribution in [0.1, 0.15) is 63.8 Å². The van der Waals surface area contributed by atoms with E-state index in [-0.39, 0.29) is 5.92 Å². The van der Waals surface area contributed by atoms with Gasteiger partial charge in [-0.1, -0.05) is 31.4 Å². The monoisotopic (exact) mass is 310 g/mol. The number of rotatable bonds is 6. The number of halogens is 1. The highest BCUT2D eigenvalue weighted by atomic mass is 35.5. The summed E-state index contributed by atoms with van der Waals surface area (Å²) in [6.45, 7) is 6.94. The SMILES string of the molecule is CCCC1CCC(C(=O)Cc2c(Cl)c(C)nn2CC)CC1. The minimum absolute atomic E-state index is 0.231. The second-order valence-corrected chi connectivity index (χ2v) is 6.69. The molecule has 0 aromatic carbocycles.